The first kappa shape index (κ1) is 12.1. The van der Waals surface area contributed by atoms with Crippen LogP contribution in [-0.2, 0) is 4.74 Å². The van der Waals surface area contributed by atoms with Crippen LogP contribution in [0.4, 0.5) is 0 Å². The molecule has 1 aromatic heterocycles. The molecule has 90 valence electrons. The fraction of sp³-hybridized carbons (Fsp3) is 0.636. The minimum Gasteiger partial charge on any atom is -0.454 e. The number of aliphatic hydroxyl groups is 1. The van der Waals surface area contributed by atoms with Crippen LogP contribution in [0, 0.1) is 0 Å². The largest absolute Gasteiger partial charge is 0.454 e. The van der Waals surface area contributed by atoms with E-state index in [0.29, 0.717) is 4.67 Å². The summed E-state index contributed by atoms with van der Waals surface area (Å²) in [4.78, 5) is 2.29. The van der Waals surface area contributed by atoms with Crippen molar-refractivity contribution in [3.63, 3.8) is 0 Å². The Hall–Kier alpha value is -0.360. The normalized spacial score (nSPS) is 19.9. The van der Waals surface area contributed by atoms with Gasteiger partial charge >= 0.3 is 0 Å². The number of rotatable bonds is 4. The maximum Gasteiger partial charge on any atom is 0.169 e. The van der Waals surface area contributed by atoms with E-state index in [0.717, 1.165) is 38.6 Å². The Morgan fingerprint density at radius 1 is 1.38 bits per heavy atom. The molecule has 0 aromatic carbocycles. The van der Waals surface area contributed by atoms with E-state index >= 15 is 0 Å². The second-order valence-corrected chi connectivity index (χ2v) is 4.72. The lowest BCUT2D eigenvalue weighted by Gasteiger charge is -2.29. The molecule has 1 aliphatic heterocycles. The second kappa shape index (κ2) is 5.82. The van der Waals surface area contributed by atoms with E-state index in [2.05, 4.69) is 20.8 Å². The van der Waals surface area contributed by atoms with Crippen LogP contribution >= 0.6 is 15.9 Å². The second-order valence-electron chi connectivity index (χ2n) is 3.93. The minimum absolute atomic E-state index is 0.0457. The third-order valence-electron chi connectivity index (χ3n) is 2.80. The van der Waals surface area contributed by atoms with Crippen molar-refractivity contribution in [3.8, 4) is 0 Å². The molecule has 1 N–H and O–H groups in total. The van der Waals surface area contributed by atoms with Gasteiger partial charge < -0.3 is 14.3 Å². The number of aliphatic hydroxyl groups excluding tert-OH is 1. The highest BCUT2D eigenvalue weighted by Crippen LogP contribution is 2.23. The molecule has 4 nitrogen and oxygen atoms in total. The Kier molecular flexibility index (Phi) is 4.40. The highest BCUT2D eigenvalue weighted by molar-refractivity contribution is 9.10. The molecular weight excluding hydrogens is 274 g/mol. The number of halogens is 1. The Morgan fingerprint density at radius 2 is 2.12 bits per heavy atom. The zero-order chi connectivity index (χ0) is 11.4. The summed E-state index contributed by atoms with van der Waals surface area (Å²) in [5, 5.41) is 9.39. The molecule has 0 spiro atoms. The van der Waals surface area contributed by atoms with Crippen LogP contribution in [0.5, 0.6) is 0 Å². The van der Waals surface area contributed by atoms with Crippen molar-refractivity contribution in [2.45, 2.75) is 5.92 Å². The van der Waals surface area contributed by atoms with E-state index in [1.165, 1.54) is 0 Å². The van der Waals surface area contributed by atoms with Crippen molar-refractivity contribution in [2.24, 2.45) is 0 Å². The summed E-state index contributed by atoms with van der Waals surface area (Å²) in [5.41, 5.74) is 0. The number of hydrogen-bond acceptors (Lipinski definition) is 4. The molecule has 2 heterocycles. The maximum absolute atomic E-state index is 9.39. The third kappa shape index (κ3) is 3.07. The molecule has 1 aliphatic rings. The van der Waals surface area contributed by atoms with Crippen molar-refractivity contribution < 1.29 is 14.3 Å². The molecule has 0 aliphatic carbocycles. The summed E-state index contributed by atoms with van der Waals surface area (Å²) < 4.78 is 11.5. The Balaban J connectivity index is 1.94. The SMILES string of the molecule is OCC(CN1CCOCC1)c1ccc(Br)o1. The van der Waals surface area contributed by atoms with Crippen LogP contribution in [0.25, 0.3) is 0 Å². The number of hydrogen-bond donors (Lipinski definition) is 1. The van der Waals surface area contributed by atoms with E-state index in [1.807, 2.05) is 12.1 Å². The van der Waals surface area contributed by atoms with Gasteiger partial charge in [0.15, 0.2) is 4.67 Å². The van der Waals surface area contributed by atoms with Crippen molar-refractivity contribution >= 4 is 15.9 Å². The molecule has 2 rings (SSSR count). The topological polar surface area (TPSA) is 45.8 Å². The molecule has 0 radical (unpaired) electrons. The summed E-state index contributed by atoms with van der Waals surface area (Å²) in [6, 6.07) is 3.77. The number of morpholine rings is 1. The quantitative estimate of drug-likeness (QED) is 0.911. The van der Waals surface area contributed by atoms with E-state index in [4.69, 9.17) is 9.15 Å². The van der Waals surface area contributed by atoms with E-state index in [-0.39, 0.29) is 12.5 Å². The summed E-state index contributed by atoms with van der Waals surface area (Å²) in [6.07, 6.45) is 0. The molecule has 1 aromatic rings. The smallest absolute Gasteiger partial charge is 0.169 e. The molecule has 0 amide bonds. The van der Waals surface area contributed by atoms with Crippen molar-refractivity contribution in [3.05, 3.63) is 22.6 Å². The van der Waals surface area contributed by atoms with Gasteiger partial charge in [-0.2, -0.15) is 0 Å². The van der Waals surface area contributed by atoms with E-state index in [1.54, 1.807) is 0 Å². The van der Waals surface area contributed by atoms with Crippen LogP contribution in [-0.4, -0.2) is 49.5 Å². The van der Waals surface area contributed by atoms with Crippen LogP contribution < -0.4 is 0 Å². The first-order valence-corrected chi connectivity index (χ1v) is 6.25. The highest BCUT2D eigenvalue weighted by Gasteiger charge is 2.20. The lowest BCUT2D eigenvalue weighted by molar-refractivity contribution is 0.0306. The van der Waals surface area contributed by atoms with Gasteiger partial charge in [-0.1, -0.05) is 0 Å². The molecule has 16 heavy (non-hydrogen) atoms. The fourth-order valence-corrected chi connectivity index (χ4v) is 2.20. The van der Waals surface area contributed by atoms with Gasteiger partial charge in [-0.05, 0) is 28.1 Å². The summed E-state index contributed by atoms with van der Waals surface area (Å²) in [7, 11) is 0. The van der Waals surface area contributed by atoms with Crippen molar-refractivity contribution in [1.29, 1.82) is 0 Å². The summed E-state index contributed by atoms with van der Waals surface area (Å²) >= 11 is 3.27. The lowest BCUT2D eigenvalue weighted by Crippen LogP contribution is -2.39. The van der Waals surface area contributed by atoms with Gasteiger partial charge in [-0.15, -0.1) is 0 Å². The van der Waals surface area contributed by atoms with Gasteiger partial charge in [-0.3, -0.25) is 4.90 Å². The molecule has 1 unspecified atom stereocenters. The van der Waals surface area contributed by atoms with Crippen LogP contribution in [0.3, 0.4) is 0 Å². The fourth-order valence-electron chi connectivity index (χ4n) is 1.88. The average molecular weight is 290 g/mol. The van der Waals surface area contributed by atoms with Gasteiger partial charge in [-0.25, -0.2) is 0 Å². The molecule has 1 saturated heterocycles. The number of ether oxygens (including phenoxy) is 1. The first-order valence-electron chi connectivity index (χ1n) is 5.46. The zero-order valence-corrected chi connectivity index (χ0v) is 10.6. The van der Waals surface area contributed by atoms with E-state index < -0.39 is 0 Å². The molecule has 0 bridgehead atoms. The number of furan rings is 1. The predicted octanol–water partition coefficient (Wildman–Crippen LogP) is 1.45. The summed E-state index contributed by atoms with van der Waals surface area (Å²) in [5.74, 6) is 0.880. The van der Waals surface area contributed by atoms with Crippen molar-refractivity contribution in [1.82, 2.24) is 4.90 Å². The molecule has 5 heteroatoms. The van der Waals surface area contributed by atoms with Gasteiger partial charge in [0, 0.05) is 19.6 Å². The van der Waals surface area contributed by atoms with Gasteiger partial charge in [0.05, 0.1) is 25.7 Å². The van der Waals surface area contributed by atoms with Gasteiger partial charge in [0.25, 0.3) is 0 Å². The van der Waals surface area contributed by atoms with Gasteiger partial charge in [0.1, 0.15) is 5.76 Å². The van der Waals surface area contributed by atoms with Gasteiger partial charge in [0.2, 0.25) is 0 Å². The number of nitrogens with zero attached hydrogens (tertiary/aromatic N) is 1. The highest BCUT2D eigenvalue weighted by atomic mass is 79.9. The van der Waals surface area contributed by atoms with Crippen LogP contribution in [0.1, 0.15) is 11.7 Å². The molecule has 1 atom stereocenters. The summed E-state index contributed by atoms with van der Waals surface area (Å²) in [6.45, 7) is 4.34. The predicted molar refractivity (Wildman–Crippen MR) is 63.5 cm³/mol. The maximum atomic E-state index is 9.39. The third-order valence-corrected chi connectivity index (χ3v) is 3.23. The van der Waals surface area contributed by atoms with Crippen LogP contribution in [0.2, 0.25) is 0 Å². The van der Waals surface area contributed by atoms with E-state index in [9.17, 15) is 5.11 Å². The molecular formula is C11H16BrNO3. The molecule has 1 fully saturated rings. The average Bonchev–Trinajstić information content (AvgIpc) is 2.74. The Bertz CT molecular complexity index is 323. The Morgan fingerprint density at radius 3 is 2.69 bits per heavy atom. The Labute approximate surface area is 103 Å². The van der Waals surface area contributed by atoms with Crippen LogP contribution in [0.15, 0.2) is 21.2 Å². The standard InChI is InChI=1S/C11H16BrNO3/c12-11-2-1-10(16-11)9(8-14)7-13-3-5-15-6-4-13/h1-2,9,14H,3-8H2. The monoisotopic (exact) mass is 289 g/mol. The van der Waals surface area contributed by atoms with Crippen molar-refractivity contribution in [2.75, 3.05) is 39.5 Å². The molecule has 0 saturated carbocycles. The zero-order valence-electron chi connectivity index (χ0n) is 9.06. The lowest BCUT2D eigenvalue weighted by atomic mass is 10.1. The first-order chi connectivity index (χ1) is 7.79. The minimum atomic E-state index is 0.0457.